The van der Waals surface area contributed by atoms with E-state index in [2.05, 4.69) is 19.2 Å². The van der Waals surface area contributed by atoms with Crippen LogP contribution in [0.3, 0.4) is 0 Å². The summed E-state index contributed by atoms with van der Waals surface area (Å²) in [5, 5.41) is 3.44. The summed E-state index contributed by atoms with van der Waals surface area (Å²) in [6, 6.07) is 0.544. The lowest BCUT2D eigenvalue weighted by Gasteiger charge is -2.39. The molecule has 0 unspecified atom stereocenters. The van der Waals surface area contributed by atoms with Gasteiger partial charge in [-0.05, 0) is 18.9 Å². The fourth-order valence-corrected chi connectivity index (χ4v) is 1.44. The van der Waals surface area contributed by atoms with Crippen molar-refractivity contribution in [1.82, 2.24) is 10.2 Å². The van der Waals surface area contributed by atoms with Gasteiger partial charge < -0.3 is 10.2 Å². The third-order valence-electron chi connectivity index (χ3n) is 2.48. The Bertz CT molecular complexity index is 174. The third kappa shape index (κ3) is 3.35. The van der Waals surface area contributed by atoms with Crippen LogP contribution in [0, 0.1) is 5.92 Å². The van der Waals surface area contributed by atoms with Crippen molar-refractivity contribution < 1.29 is 4.79 Å². The molecule has 0 bridgehead atoms. The standard InChI is InChI=1S/C10H20N2O/c1-8(2)4-5-11-10-6-12(7-10)9(3)13/h8,10-11H,4-7H2,1-3H3. The van der Waals surface area contributed by atoms with Gasteiger partial charge in [0.1, 0.15) is 0 Å². The minimum atomic E-state index is 0.196. The highest BCUT2D eigenvalue weighted by molar-refractivity contribution is 5.74. The molecule has 1 saturated heterocycles. The smallest absolute Gasteiger partial charge is 0.219 e. The van der Waals surface area contributed by atoms with Crippen LogP contribution < -0.4 is 5.32 Å². The van der Waals surface area contributed by atoms with Crippen molar-refractivity contribution in [2.24, 2.45) is 5.92 Å². The van der Waals surface area contributed by atoms with Gasteiger partial charge in [-0.2, -0.15) is 0 Å². The van der Waals surface area contributed by atoms with Gasteiger partial charge in [-0.25, -0.2) is 0 Å². The molecule has 1 rings (SSSR count). The average Bonchev–Trinajstić information content (AvgIpc) is 1.92. The molecular weight excluding hydrogens is 164 g/mol. The van der Waals surface area contributed by atoms with Crippen molar-refractivity contribution >= 4 is 5.91 Å². The van der Waals surface area contributed by atoms with Crippen LogP contribution in [-0.4, -0.2) is 36.5 Å². The van der Waals surface area contributed by atoms with E-state index in [4.69, 9.17) is 0 Å². The number of carbonyl (C=O) groups is 1. The van der Waals surface area contributed by atoms with Crippen LogP contribution in [0.2, 0.25) is 0 Å². The Labute approximate surface area is 80.5 Å². The number of nitrogens with one attached hydrogen (secondary N) is 1. The van der Waals surface area contributed by atoms with E-state index in [0.29, 0.717) is 6.04 Å². The lowest BCUT2D eigenvalue weighted by molar-refractivity contribution is -0.133. The highest BCUT2D eigenvalue weighted by Crippen LogP contribution is 2.07. The Morgan fingerprint density at radius 2 is 2.15 bits per heavy atom. The van der Waals surface area contributed by atoms with E-state index in [1.165, 1.54) is 6.42 Å². The van der Waals surface area contributed by atoms with Crippen LogP contribution >= 0.6 is 0 Å². The maximum atomic E-state index is 10.9. The van der Waals surface area contributed by atoms with E-state index in [-0.39, 0.29) is 5.91 Å². The van der Waals surface area contributed by atoms with Gasteiger partial charge in [-0.15, -0.1) is 0 Å². The summed E-state index contributed by atoms with van der Waals surface area (Å²) >= 11 is 0. The fraction of sp³-hybridized carbons (Fsp3) is 0.900. The van der Waals surface area contributed by atoms with Crippen LogP contribution in [0.25, 0.3) is 0 Å². The molecule has 0 aromatic heterocycles. The molecule has 3 heteroatoms. The summed E-state index contributed by atoms with van der Waals surface area (Å²) in [6.45, 7) is 8.95. The van der Waals surface area contributed by atoms with Crippen LogP contribution in [0.1, 0.15) is 27.2 Å². The molecule has 1 amide bonds. The summed E-state index contributed by atoms with van der Waals surface area (Å²) in [5.41, 5.74) is 0. The van der Waals surface area contributed by atoms with E-state index in [0.717, 1.165) is 25.6 Å². The minimum absolute atomic E-state index is 0.196. The van der Waals surface area contributed by atoms with E-state index < -0.39 is 0 Å². The minimum Gasteiger partial charge on any atom is -0.340 e. The summed E-state index contributed by atoms with van der Waals surface area (Å²) in [5.74, 6) is 0.957. The van der Waals surface area contributed by atoms with Gasteiger partial charge in [0.2, 0.25) is 5.91 Å². The zero-order valence-electron chi connectivity index (χ0n) is 8.84. The van der Waals surface area contributed by atoms with Gasteiger partial charge in [0.15, 0.2) is 0 Å². The normalized spacial score (nSPS) is 17.7. The average molecular weight is 184 g/mol. The SMILES string of the molecule is CC(=O)N1CC(NCCC(C)C)C1. The number of carbonyl (C=O) groups excluding carboxylic acids is 1. The lowest BCUT2D eigenvalue weighted by Crippen LogP contribution is -2.59. The van der Waals surface area contributed by atoms with Crippen molar-refractivity contribution in [2.45, 2.75) is 33.2 Å². The molecule has 0 spiro atoms. The van der Waals surface area contributed by atoms with Crippen molar-refractivity contribution in [1.29, 1.82) is 0 Å². The number of hydrogen-bond acceptors (Lipinski definition) is 2. The monoisotopic (exact) mass is 184 g/mol. The largest absolute Gasteiger partial charge is 0.340 e. The van der Waals surface area contributed by atoms with Gasteiger partial charge >= 0.3 is 0 Å². The quantitative estimate of drug-likeness (QED) is 0.702. The van der Waals surface area contributed by atoms with Gasteiger partial charge in [0, 0.05) is 26.1 Å². The van der Waals surface area contributed by atoms with E-state index >= 15 is 0 Å². The van der Waals surface area contributed by atoms with Crippen molar-refractivity contribution in [3.8, 4) is 0 Å². The zero-order valence-corrected chi connectivity index (χ0v) is 8.84. The second-order valence-electron chi connectivity index (χ2n) is 4.26. The van der Waals surface area contributed by atoms with Gasteiger partial charge in [-0.1, -0.05) is 13.8 Å². The molecule has 0 radical (unpaired) electrons. The maximum absolute atomic E-state index is 10.9. The highest BCUT2D eigenvalue weighted by Gasteiger charge is 2.27. The van der Waals surface area contributed by atoms with Gasteiger partial charge in [-0.3, -0.25) is 4.79 Å². The van der Waals surface area contributed by atoms with Crippen molar-refractivity contribution in [3.05, 3.63) is 0 Å². The molecule has 0 atom stereocenters. The first-order valence-corrected chi connectivity index (χ1v) is 5.08. The first-order chi connectivity index (χ1) is 6.09. The zero-order chi connectivity index (χ0) is 9.84. The van der Waals surface area contributed by atoms with Gasteiger partial charge in [0.05, 0.1) is 0 Å². The van der Waals surface area contributed by atoms with Crippen molar-refractivity contribution in [3.63, 3.8) is 0 Å². The highest BCUT2D eigenvalue weighted by atomic mass is 16.2. The van der Waals surface area contributed by atoms with E-state index in [9.17, 15) is 4.79 Å². The first kappa shape index (κ1) is 10.5. The molecule has 0 aromatic carbocycles. The number of rotatable bonds is 4. The Morgan fingerprint density at radius 1 is 1.54 bits per heavy atom. The van der Waals surface area contributed by atoms with E-state index in [1.54, 1.807) is 6.92 Å². The third-order valence-corrected chi connectivity index (χ3v) is 2.48. The van der Waals surface area contributed by atoms with Crippen LogP contribution in [0.5, 0.6) is 0 Å². The molecule has 13 heavy (non-hydrogen) atoms. The Kier molecular flexibility index (Phi) is 3.72. The second-order valence-corrected chi connectivity index (χ2v) is 4.26. The van der Waals surface area contributed by atoms with E-state index in [1.807, 2.05) is 4.90 Å². The predicted octanol–water partition coefficient (Wildman–Crippen LogP) is 0.853. The van der Waals surface area contributed by atoms with Gasteiger partial charge in [0.25, 0.3) is 0 Å². The summed E-state index contributed by atoms with van der Waals surface area (Å²) < 4.78 is 0. The molecule has 1 fully saturated rings. The summed E-state index contributed by atoms with van der Waals surface area (Å²) in [4.78, 5) is 12.7. The first-order valence-electron chi connectivity index (χ1n) is 5.08. The molecule has 1 heterocycles. The molecule has 3 nitrogen and oxygen atoms in total. The molecule has 1 aliphatic heterocycles. The Hall–Kier alpha value is -0.570. The number of nitrogens with zero attached hydrogens (tertiary/aromatic N) is 1. The molecule has 0 aromatic rings. The number of likely N-dealkylation sites (tertiary alicyclic amines) is 1. The molecule has 1 aliphatic rings. The predicted molar refractivity (Wildman–Crippen MR) is 53.5 cm³/mol. The Balaban J connectivity index is 1.99. The van der Waals surface area contributed by atoms with Crippen LogP contribution in [0.4, 0.5) is 0 Å². The maximum Gasteiger partial charge on any atom is 0.219 e. The lowest BCUT2D eigenvalue weighted by atomic mass is 10.1. The number of amides is 1. The summed E-state index contributed by atoms with van der Waals surface area (Å²) in [7, 11) is 0. The topological polar surface area (TPSA) is 32.3 Å². The van der Waals surface area contributed by atoms with Crippen LogP contribution in [0.15, 0.2) is 0 Å². The van der Waals surface area contributed by atoms with Crippen LogP contribution in [-0.2, 0) is 4.79 Å². The second kappa shape index (κ2) is 4.61. The summed E-state index contributed by atoms with van der Waals surface area (Å²) in [6.07, 6.45) is 1.22. The van der Waals surface area contributed by atoms with Crippen molar-refractivity contribution in [2.75, 3.05) is 19.6 Å². The molecule has 76 valence electrons. The Morgan fingerprint density at radius 3 is 2.62 bits per heavy atom. The molecule has 0 aliphatic carbocycles. The molecule has 0 saturated carbocycles. The number of hydrogen-bond donors (Lipinski definition) is 1. The molecular formula is C10H20N2O. The fourth-order valence-electron chi connectivity index (χ4n) is 1.44. The molecule has 1 N–H and O–H groups in total.